The number of fused-ring (bicyclic) bond motifs is 1. The number of imidazole rings is 1. The molecule has 0 spiro atoms. The number of carbonyl (C=O) groups is 1. The van der Waals surface area contributed by atoms with Crippen LogP contribution in [0.2, 0.25) is 0 Å². The van der Waals surface area contributed by atoms with Crippen LogP contribution in [0, 0.1) is 13.8 Å². The Kier molecular flexibility index (Phi) is 27.1. The summed E-state index contributed by atoms with van der Waals surface area (Å²) in [6.45, 7) is 17.8. The molecule has 0 unspecified atom stereocenters. The standard InChI is InChI=1S/C15H20N2.C5H6S.2C2H6O.C2H4O.C2H6/c1-5-7-8-13-11(3)15-14(9-12(13)6-2)17(4)10-16-15;1-5-3-2-4-6-5;1-3-2;2*1-2-3;1-2/h6,9-10H,2,5,7-8H2,1,3-4H3;2-4H,1H3;1-2H3;3H,2H2,1H3;2H,1H3;1-2H3. The second-order valence-electron chi connectivity index (χ2n) is 6.78. The molecule has 2 aromatic heterocycles. The summed E-state index contributed by atoms with van der Waals surface area (Å²) in [5, 5.41) is 9.65. The Bertz CT molecular complexity index is 854. The number of aromatic nitrogens is 2. The average Bonchev–Trinajstić information content (AvgIpc) is 3.45. The van der Waals surface area contributed by atoms with Gasteiger partial charge in [0.1, 0.15) is 6.29 Å². The second-order valence-corrected chi connectivity index (χ2v) is 7.94. The van der Waals surface area contributed by atoms with Gasteiger partial charge in [0, 0.05) is 32.8 Å². The van der Waals surface area contributed by atoms with E-state index in [4.69, 9.17) is 9.90 Å². The fourth-order valence-electron chi connectivity index (χ4n) is 2.72. The van der Waals surface area contributed by atoms with E-state index in [1.54, 1.807) is 32.5 Å². The predicted octanol–water partition coefficient (Wildman–Crippen LogP) is 7.42. The van der Waals surface area contributed by atoms with Gasteiger partial charge < -0.3 is 19.2 Å². The molecule has 2 heterocycles. The van der Waals surface area contributed by atoms with Crippen molar-refractivity contribution in [2.45, 2.75) is 67.7 Å². The maximum Gasteiger partial charge on any atom is 0.116 e. The number of aldehydes is 1. The highest BCUT2D eigenvalue weighted by atomic mass is 32.1. The summed E-state index contributed by atoms with van der Waals surface area (Å²) in [4.78, 5) is 14.7. The molecule has 5 nitrogen and oxygen atoms in total. The SMILES string of the molecule is C=Cc1cc2c(ncn2C)c(C)c1CCCC.CC.CC=O.CCO.COC.Cc1cccs1. The first-order valence-corrected chi connectivity index (χ1v) is 12.7. The molecule has 0 atom stereocenters. The van der Waals surface area contributed by atoms with E-state index in [-0.39, 0.29) is 6.61 Å². The van der Waals surface area contributed by atoms with Crippen LogP contribution in [0.5, 0.6) is 0 Å². The van der Waals surface area contributed by atoms with Gasteiger partial charge in [0.05, 0.1) is 17.4 Å². The molecule has 3 rings (SSSR count). The maximum atomic E-state index is 8.81. The molecule has 0 aliphatic heterocycles. The normalized spacial score (nSPS) is 8.68. The molecule has 34 heavy (non-hydrogen) atoms. The molecule has 0 fully saturated rings. The predicted molar refractivity (Wildman–Crippen MR) is 152 cm³/mol. The minimum atomic E-state index is 0.250. The van der Waals surface area contributed by atoms with Crippen molar-refractivity contribution in [2.75, 3.05) is 20.8 Å². The van der Waals surface area contributed by atoms with Crippen LogP contribution in [-0.2, 0) is 23.0 Å². The molecule has 0 radical (unpaired) electrons. The highest BCUT2D eigenvalue weighted by Gasteiger charge is 2.11. The van der Waals surface area contributed by atoms with Crippen LogP contribution in [0.25, 0.3) is 17.1 Å². The quantitative estimate of drug-likeness (QED) is 0.385. The van der Waals surface area contributed by atoms with Crippen molar-refractivity contribution in [3.05, 3.63) is 58.1 Å². The fourth-order valence-corrected chi connectivity index (χ4v) is 3.25. The van der Waals surface area contributed by atoms with Crippen molar-refractivity contribution in [3.8, 4) is 0 Å². The Balaban J connectivity index is -0.000000464. The number of hydrogen-bond donors (Lipinski definition) is 1. The molecule has 0 bridgehead atoms. The molecule has 0 saturated heterocycles. The molecule has 0 saturated carbocycles. The molecule has 1 aromatic carbocycles. The Labute approximate surface area is 212 Å². The summed E-state index contributed by atoms with van der Waals surface area (Å²) in [6, 6.07) is 6.36. The van der Waals surface area contributed by atoms with Gasteiger partial charge in [-0.15, -0.1) is 11.3 Å². The van der Waals surface area contributed by atoms with Gasteiger partial charge in [0.2, 0.25) is 0 Å². The van der Waals surface area contributed by atoms with Crippen molar-refractivity contribution in [1.82, 2.24) is 9.55 Å². The van der Waals surface area contributed by atoms with Crippen LogP contribution in [0.1, 0.15) is 69.0 Å². The molecule has 3 aromatic rings. The van der Waals surface area contributed by atoms with Gasteiger partial charge in [-0.05, 0) is 74.7 Å². The van der Waals surface area contributed by atoms with Crippen molar-refractivity contribution in [1.29, 1.82) is 0 Å². The molecule has 0 aliphatic rings. The van der Waals surface area contributed by atoms with Gasteiger partial charge in [-0.3, -0.25) is 0 Å². The van der Waals surface area contributed by atoms with E-state index in [1.807, 2.05) is 33.3 Å². The van der Waals surface area contributed by atoms with Crippen LogP contribution < -0.4 is 0 Å². The van der Waals surface area contributed by atoms with Crippen LogP contribution in [-0.4, -0.2) is 41.8 Å². The van der Waals surface area contributed by atoms with Gasteiger partial charge in [-0.25, -0.2) is 4.98 Å². The Morgan fingerprint density at radius 2 is 1.76 bits per heavy atom. The summed E-state index contributed by atoms with van der Waals surface area (Å²) < 4.78 is 6.32. The highest BCUT2D eigenvalue weighted by Crippen LogP contribution is 2.26. The number of nitrogens with zero attached hydrogens (tertiary/aromatic N) is 2. The molecule has 194 valence electrons. The number of hydrogen-bond acceptors (Lipinski definition) is 5. The summed E-state index contributed by atoms with van der Waals surface area (Å²) in [6.07, 6.45) is 8.16. The molecule has 6 heteroatoms. The van der Waals surface area contributed by atoms with E-state index < -0.39 is 0 Å². The van der Waals surface area contributed by atoms with Crippen molar-refractivity contribution in [2.24, 2.45) is 7.05 Å². The van der Waals surface area contributed by atoms with Crippen molar-refractivity contribution < 1.29 is 14.6 Å². The lowest BCUT2D eigenvalue weighted by Crippen LogP contribution is -1.96. The number of ether oxygens (including phenoxy) is 1. The molecule has 1 N–H and O–H groups in total. The van der Waals surface area contributed by atoms with E-state index >= 15 is 0 Å². The van der Waals surface area contributed by atoms with Gasteiger partial charge >= 0.3 is 0 Å². The Morgan fingerprint density at radius 3 is 2.12 bits per heavy atom. The minimum Gasteiger partial charge on any atom is -0.397 e. The molecule has 0 aliphatic carbocycles. The third-order valence-corrected chi connectivity index (χ3v) is 4.90. The number of unbranched alkanes of at least 4 members (excludes halogenated alkanes) is 1. The zero-order valence-electron chi connectivity index (χ0n) is 23.1. The van der Waals surface area contributed by atoms with E-state index in [0.717, 1.165) is 18.2 Å². The first-order valence-electron chi connectivity index (χ1n) is 11.8. The zero-order valence-corrected chi connectivity index (χ0v) is 24.0. The van der Waals surface area contributed by atoms with Crippen LogP contribution in [0.15, 0.2) is 36.5 Å². The first kappa shape index (κ1) is 36.3. The number of benzene rings is 1. The molecule has 0 amide bonds. The van der Waals surface area contributed by atoms with Crippen LogP contribution in [0.4, 0.5) is 0 Å². The number of methoxy groups -OCH3 is 1. The first-order chi connectivity index (χ1) is 16.3. The lowest BCUT2D eigenvalue weighted by atomic mass is 9.95. The van der Waals surface area contributed by atoms with E-state index in [9.17, 15) is 0 Å². The number of rotatable bonds is 4. The third kappa shape index (κ3) is 15.5. The largest absolute Gasteiger partial charge is 0.397 e. The second kappa shape index (κ2) is 25.3. The monoisotopic (exact) mass is 492 g/mol. The third-order valence-electron chi connectivity index (χ3n) is 4.09. The lowest BCUT2D eigenvalue weighted by Gasteiger charge is -2.11. The Morgan fingerprint density at radius 1 is 1.24 bits per heavy atom. The minimum absolute atomic E-state index is 0.250. The average molecular weight is 493 g/mol. The zero-order chi connectivity index (χ0) is 26.9. The molecular weight excluding hydrogens is 444 g/mol. The van der Waals surface area contributed by atoms with Gasteiger partial charge in [-0.1, -0.05) is 45.9 Å². The highest BCUT2D eigenvalue weighted by molar-refractivity contribution is 7.09. The van der Waals surface area contributed by atoms with Crippen molar-refractivity contribution >= 4 is 34.7 Å². The topological polar surface area (TPSA) is 64.4 Å². The summed E-state index contributed by atoms with van der Waals surface area (Å²) in [5.41, 5.74) is 6.30. The number of thiophene rings is 1. The van der Waals surface area contributed by atoms with Gasteiger partial charge in [0.25, 0.3) is 0 Å². The van der Waals surface area contributed by atoms with Crippen molar-refractivity contribution in [3.63, 3.8) is 0 Å². The van der Waals surface area contributed by atoms with E-state index in [1.165, 1.54) is 46.8 Å². The van der Waals surface area contributed by atoms with E-state index in [0.29, 0.717) is 0 Å². The summed E-state index contributed by atoms with van der Waals surface area (Å²) in [7, 11) is 5.29. The molecular formula is C28H48N2O3S. The number of carbonyl (C=O) groups excluding carboxylic acids is 1. The maximum absolute atomic E-state index is 8.81. The lowest BCUT2D eigenvalue weighted by molar-refractivity contribution is -0.106. The number of aliphatic hydroxyl groups excluding tert-OH is 1. The smallest absolute Gasteiger partial charge is 0.116 e. The summed E-state index contributed by atoms with van der Waals surface area (Å²) >= 11 is 1.78. The van der Waals surface area contributed by atoms with E-state index in [2.05, 4.69) is 65.2 Å². The van der Waals surface area contributed by atoms with Crippen LogP contribution >= 0.6 is 11.3 Å². The van der Waals surface area contributed by atoms with Gasteiger partial charge in [0.15, 0.2) is 0 Å². The summed E-state index contributed by atoms with van der Waals surface area (Å²) in [5.74, 6) is 0. The van der Waals surface area contributed by atoms with Gasteiger partial charge in [-0.2, -0.15) is 0 Å². The Hall–Kier alpha value is -2.28. The van der Waals surface area contributed by atoms with Crippen LogP contribution in [0.3, 0.4) is 0 Å². The number of aliphatic hydroxyl groups is 1. The number of aryl methyl sites for hydroxylation is 3. The fraction of sp³-hybridized carbons (Fsp3) is 0.500.